The molecular weight excluding hydrogens is 720 g/mol. The number of halogens is 8. The highest BCUT2D eigenvalue weighted by Crippen LogP contribution is 2.34. The van der Waals surface area contributed by atoms with E-state index in [0.29, 0.717) is 15.2 Å². The monoisotopic (exact) mass is 762 g/mol. The Bertz CT molecular complexity index is 1640. The minimum atomic E-state index is -4.89. The first-order valence-corrected chi connectivity index (χ1v) is 15.8. The smallest absolute Gasteiger partial charge is 0.416 e. The molecule has 11 nitrogen and oxygen atoms in total. The highest BCUT2D eigenvalue weighted by atomic mass is 19.4. The zero-order valence-corrected chi connectivity index (χ0v) is 29.2. The summed E-state index contributed by atoms with van der Waals surface area (Å²) in [5.41, 5.74) is -9.63. The number of hydrogen-bond donors (Lipinski definition) is 2. The van der Waals surface area contributed by atoms with Crippen molar-refractivity contribution in [3.63, 3.8) is 0 Å². The molecule has 0 fully saturated rings. The van der Waals surface area contributed by atoms with E-state index in [1.165, 1.54) is 27.7 Å². The molecule has 3 atom stereocenters. The molecule has 0 aromatic carbocycles. The highest BCUT2D eigenvalue weighted by Gasteiger charge is 2.38. The predicted molar refractivity (Wildman–Crippen MR) is 169 cm³/mol. The van der Waals surface area contributed by atoms with Crippen LogP contribution in [0.1, 0.15) is 88.7 Å². The molecule has 0 aliphatic carbocycles. The van der Waals surface area contributed by atoms with E-state index >= 15 is 0 Å². The van der Waals surface area contributed by atoms with Gasteiger partial charge in [-0.3, -0.25) is 9.59 Å². The van der Waals surface area contributed by atoms with Crippen LogP contribution in [0.3, 0.4) is 0 Å². The van der Waals surface area contributed by atoms with Gasteiger partial charge < -0.3 is 33.6 Å². The molecule has 0 spiro atoms. The minimum absolute atomic E-state index is 0.0430. The Balaban J connectivity index is 0.000000522. The van der Waals surface area contributed by atoms with E-state index in [1.807, 2.05) is 0 Å². The van der Waals surface area contributed by atoms with Crippen LogP contribution in [0.4, 0.5) is 35.1 Å². The number of carbonyl (C=O) groups is 3. The summed E-state index contributed by atoms with van der Waals surface area (Å²) in [4.78, 5) is 59.3. The first-order valence-electron chi connectivity index (χ1n) is 15.8. The van der Waals surface area contributed by atoms with Gasteiger partial charge in [0, 0.05) is 50.2 Å². The molecule has 294 valence electrons. The standard InChI is InChI=1S/C17H23F4NO5.C16H19F4NO4/c1-4-27-15(26)13(7-16(2,3)18)22-8-10(5-11(24)9-23)12(6-14(22)25)17(19,20)21;1-4-25-14(24)12(8-15(2,3)17)21-9-10(5-6-22)11(7-13(21)23)16(18,19)20/h6,8,11,13,23-24H,4-5,7,9H2,1-3H3;6-7,9,12H,4-5,8H2,1-3H3. The van der Waals surface area contributed by atoms with E-state index in [9.17, 15) is 64.2 Å². The first kappa shape index (κ1) is 45.9. The number of hydrogen-bond acceptors (Lipinski definition) is 9. The lowest BCUT2D eigenvalue weighted by atomic mass is 9.99. The average Bonchev–Trinajstić information content (AvgIpc) is 2.99. The molecular formula is C33H42F8N2O9. The second-order valence-electron chi connectivity index (χ2n) is 12.7. The number of rotatable bonds is 15. The van der Waals surface area contributed by atoms with Gasteiger partial charge in [0.25, 0.3) is 11.1 Å². The molecule has 0 amide bonds. The molecule has 2 heterocycles. The summed E-state index contributed by atoms with van der Waals surface area (Å²) in [7, 11) is 0. The van der Waals surface area contributed by atoms with Crippen LogP contribution in [0.25, 0.3) is 0 Å². The molecule has 3 unspecified atom stereocenters. The van der Waals surface area contributed by atoms with Crippen molar-refractivity contribution in [3.05, 3.63) is 67.5 Å². The molecule has 0 bridgehead atoms. The Morgan fingerprint density at radius 1 is 0.750 bits per heavy atom. The molecule has 2 N–H and O–H groups in total. The number of aromatic nitrogens is 2. The lowest BCUT2D eigenvalue weighted by Gasteiger charge is -2.25. The van der Waals surface area contributed by atoms with E-state index < -0.39 is 119 Å². The maximum atomic E-state index is 14.1. The molecule has 19 heteroatoms. The summed E-state index contributed by atoms with van der Waals surface area (Å²) in [5, 5.41) is 18.4. The summed E-state index contributed by atoms with van der Waals surface area (Å²) < 4.78 is 118. The minimum Gasteiger partial charge on any atom is -0.464 e. The zero-order valence-electron chi connectivity index (χ0n) is 29.2. The lowest BCUT2D eigenvalue weighted by molar-refractivity contribution is -0.149. The van der Waals surface area contributed by atoms with Crippen LogP contribution in [0, 0.1) is 0 Å². The van der Waals surface area contributed by atoms with Crippen molar-refractivity contribution in [1.29, 1.82) is 0 Å². The summed E-state index contributed by atoms with van der Waals surface area (Å²) in [6.45, 7) is 6.75. The molecule has 52 heavy (non-hydrogen) atoms. The van der Waals surface area contributed by atoms with E-state index in [1.54, 1.807) is 0 Å². The third kappa shape index (κ3) is 14.1. The summed E-state index contributed by atoms with van der Waals surface area (Å²) in [5.74, 6) is -1.90. The van der Waals surface area contributed by atoms with Gasteiger partial charge in [-0.2, -0.15) is 26.3 Å². The first-order chi connectivity index (χ1) is 23.7. The van der Waals surface area contributed by atoms with Crippen molar-refractivity contribution >= 4 is 18.2 Å². The van der Waals surface area contributed by atoms with Crippen LogP contribution in [0.5, 0.6) is 0 Å². The number of esters is 2. The molecule has 2 aromatic rings. The fourth-order valence-electron chi connectivity index (χ4n) is 4.92. The number of ether oxygens (including phenoxy) is 2. The highest BCUT2D eigenvalue weighted by molar-refractivity contribution is 5.75. The van der Waals surface area contributed by atoms with Crippen LogP contribution < -0.4 is 11.1 Å². The second kappa shape index (κ2) is 18.6. The Labute approximate surface area is 293 Å². The average molecular weight is 763 g/mol. The van der Waals surface area contributed by atoms with E-state index in [2.05, 4.69) is 0 Å². The number of nitrogens with zero attached hydrogens (tertiary/aromatic N) is 2. The third-order valence-corrected chi connectivity index (χ3v) is 7.05. The molecule has 0 saturated carbocycles. The van der Waals surface area contributed by atoms with Gasteiger partial charge >= 0.3 is 24.3 Å². The van der Waals surface area contributed by atoms with Crippen molar-refractivity contribution in [2.75, 3.05) is 19.8 Å². The Morgan fingerprint density at radius 3 is 1.42 bits per heavy atom. The molecule has 0 aliphatic rings. The zero-order chi connectivity index (χ0) is 40.4. The summed E-state index contributed by atoms with van der Waals surface area (Å²) >= 11 is 0. The third-order valence-electron chi connectivity index (χ3n) is 7.05. The molecule has 0 saturated heterocycles. The van der Waals surface area contributed by atoms with Crippen LogP contribution in [-0.4, -0.2) is 74.8 Å². The van der Waals surface area contributed by atoms with E-state index in [4.69, 9.17) is 14.6 Å². The lowest BCUT2D eigenvalue weighted by Crippen LogP contribution is -2.36. The van der Waals surface area contributed by atoms with Crippen molar-refractivity contribution in [2.45, 2.75) is 109 Å². The number of pyridine rings is 2. The molecule has 2 aromatic heterocycles. The molecule has 0 radical (unpaired) electrons. The van der Waals surface area contributed by atoms with Gasteiger partial charge in [-0.1, -0.05) is 0 Å². The van der Waals surface area contributed by atoms with Gasteiger partial charge in [-0.05, 0) is 52.7 Å². The van der Waals surface area contributed by atoms with Crippen molar-refractivity contribution < 1.29 is 69.2 Å². The number of aliphatic hydroxyl groups excluding tert-OH is 2. The normalized spacial score (nSPS) is 14.1. The maximum absolute atomic E-state index is 14.1. The number of aliphatic hydroxyl groups is 2. The van der Waals surface area contributed by atoms with E-state index in [0.717, 1.165) is 26.2 Å². The fraction of sp³-hybridized carbons (Fsp3) is 0.606. The number of alkyl halides is 8. The number of aldehydes is 1. The Kier molecular flexibility index (Phi) is 16.4. The topological polar surface area (TPSA) is 154 Å². The largest absolute Gasteiger partial charge is 0.464 e. The Hall–Kier alpha value is -4.13. The van der Waals surface area contributed by atoms with Crippen molar-refractivity contribution in [3.8, 4) is 0 Å². The number of carbonyl (C=O) groups excluding carboxylic acids is 3. The fourth-order valence-corrected chi connectivity index (χ4v) is 4.92. The van der Waals surface area contributed by atoms with Crippen LogP contribution in [-0.2, 0) is 49.1 Å². The SMILES string of the molecule is CCOC(=O)C(CC(C)(C)F)n1cc(CC(O)CO)c(C(F)(F)F)cc1=O.CCOC(=O)C(CC(C)(C)F)n1cc(CC=O)c(C(F)(F)F)cc1=O. The van der Waals surface area contributed by atoms with Gasteiger partial charge in [-0.15, -0.1) is 0 Å². The van der Waals surface area contributed by atoms with Gasteiger partial charge in [0.2, 0.25) is 0 Å². The van der Waals surface area contributed by atoms with Crippen LogP contribution in [0.2, 0.25) is 0 Å². The summed E-state index contributed by atoms with van der Waals surface area (Å²) in [6.07, 6.45) is -11.6. The molecule has 2 rings (SSSR count). The van der Waals surface area contributed by atoms with Gasteiger partial charge in [0.05, 0.1) is 37.1 Å². The van der Waals surface area contributed by atoms with Crippen LogP contribution in [0.15, 0.2) is 34.1 Å². The second-order valence-corrected chi connectivity index (χ2v) is 12.7. The van der Waals surface area contributed by atoms with Gasteiger partial charge in [-0.25, -0.2) is 18.4 Å². The predicted octanol–water partition coefficient (Wildman–Crippen LogP) is 4.86. The maximum Gasteiger partial charge on any atom is 0.416 e. The Morgan fingerprint density at radius 2 is 1.12 bits per heavy atom. The molecule has 0 aliphatic heterocycles. The van der Waals surface area contributed by atoms with E-state index in [-0.39, 0.29) is 25.6 Å². The van der Waals surface area contributed by atoms with Gasteiger partial charge in [0.15, 0.2) is 0 Å². The summed E-state index contributed by atoms with van der Waals surface area (Å²) in [6, 6.07) is -2.34. The van der Waals surface area contributed by atoms with Gasteiger partial charge in [0.1, 0.15) is 29.7 Å². The van der Waals surface area contributed by atoms with Crippen molar-refractivity contribution in [1.82, 2.24) is 9.13 Å². The van der Waals surface area contributed by atoms with Crippen LogP contribution >= 0.6 is 0 Å². The van der Waals surface area contributed by atoms with Crippen molar-refractivity contribution in [2.24, 2.45) is 0 Å². The quantitative estimate of drug-likeness (QED) is 0.147.